The standard InChI is InChI=1S/C10H26N2O2Si/c1-4-9-15(3,13-2)14-10(5-7-11)6-8-12/h10H,4-9,11-12H2,1-3H3. The number of rotatable bonds is 9. The molecule has 0 heterocycles. The van der Waals surface area contributed by atoms with Crippen molar-refractivity contribution in [1.82, 2.24) is 0 Å². The Labute approximate surface area is 94.6 Å². The van der Waals surface area contributed by atoms with Crippen LogP contribution in [0.2, 0.25) is 12.6 Å². The fraction of sp³-hybridized carbons (Fsp3) is 1.00. The van der Waals surface area contributed by atoms with Crippen molar-refractivity contribution in [3.63, 3.8) is 0 Å². The van der Waals surface area contributed by atoms with Crippen LogP contribution >= 0.6 is 0 Å². The molecule has 0 aliphatic carbocycles. The molecule has 0 aliphatic heterocycles. The summed E-state index contributed by atoms with van der Waals surface area (Å²) in [5.74, 6) is 0. The van der Waals surface area contributed by atoms with Gasteiger partial charge in [0.1, 0.15) is 0 Å². The van der Waals surface area contributed by atoms with E-state index in [1.54, 1.807) is 7.11 Å². The van der Waals surface area contributed by atoms with Crippen molar-refractivity contribution in [3.8, 4) is 0 Å². The van der Waals surface area contributed by atoms with Gasteiger partial charge in [0, 0.05) is 13.2 Å². The molecule has 0 aromatic heterocycles. The van der Waals surface area contributed by atoms with Crippen LogP contribution in [0.4, 0.5) is 0 Å². The molecular weight excluding hydrogens is 208 g/mol. The molecule has 0 bridgehead atoms. The first-order valence-corrected chi connectivity index (χ1v) is 8.27. The third kappa shape index (κ3) is 6.27. The summed E-state index contributed by atoms with van der Waals surface area (Å²) in [6.07, 6.45) is 3.00. The minimum absolute atomic E-state index is 0.170. The Morgan fingerprint density at radius 1 is 1.20 bits per heavy atom. The van der Waals surface area contributed by atoms with Crippen LogP contribution in [0.1, 0.15) is 26.2 Å². The Hall–Kier alpha value is 0.0569. The van der Waals surface area contributed by atoms with E-state index < -0.39 is 8.56 Å². The van der Waals surface area contributed by atoms with Crippen LogP contribution in [0.3, 0.4) is 0 Å². The van der Waals surface area contributed by atoms with E-state index in [0.717, 1.165) is 25.3 Å². The first-order valence-electron chi connectivity index (χ1n) is 5.75. The number of nitrogens with two attached hydrogens (primary N) is 2. The molecule has 0 radical (unpaired) electrons. The summed E-state index contributed by atoms with van der Waals surface area (Å²) in [5, 5.41) is 0. The lowest BCUT2D eigenvalue weighted by Gasteiger charge is -2.30. The average Bonchev–Trinajstić information content (AvgIpc) is 2.19. The fourth-order valence-electron chi connectivity index (χ4n) is 1.65. The third-order valence-corrected chi connectivity index (χ3v) is 5.63. The summed E-state index contributed by atoms with van der Waals surface area (Å²) in [5.41, 5.74) is 11.1. The molecule has 0 spiro atoms. The number of hydrogen-bond acceptors (Lipinski definition) is 4. The molecule has 0 amide bonds. The maximum Gasteiger partial charge on any atom is 0.334 e. The molecular formula is C10H26N2O2Si. The van der Waals surface area contributed by atoms with Gasteiger partial charge in [0.25, 0.3) is 0 Å². The molecule has 4 nitrogen and oxygen atoms in total. The van der Waals surface area contributed by atoms with Crippen molar-refractivity contribution in [2.24, 2.45) is 11.5 Å². The minimum atomic E-state index is -1.97. The van der Waals surface area contributed by atoms with Gasteiger partial charge in [-0.15, -0.1) is 0 Å². The zero-order valence-electron chi connectivity index (χ0n) is 10.3. The SMILES string of the molecule is CCC[Si](C)(OC)OC(CCN)CCN. The molecule has 0 aromatic carbocycles. The smallest absolute Gasteiger partial charge is 0.334 e. The molecule has 15 heavy (non-hydrogen) atoms. The van der Waals surface area contributed by atoms with Gasteiger partial charge in [0.05, 0.1) is 0 Å². The quantitative estimate of drug-likeness (QED) is 0.588. The monoisotopic (exact) mass is 234 g/mol. The highest BCUT2D eigenvalue weighted by Crippen LogP contribution is 2.19. The molecule has 0 aromatic rings. The predicted octanol–water partition coefficient (Wildman–Crippen LogP) is 1.20. The van der Waals surface area contributed by atoms with Crippen molar-refractivity contribution in [2.45, 2.75) is 44.9 Å². The van der Waals surface area contributed by atoms with Crippen LogP contribution < -0.4 is 11.5 Å². The van der Waals surface area contributed by atoms with Gasteiger partial charge >= 0.3 is 8.56 Å². The molecule has 0 saturated heterocycles. The maximum atomic E-state index is 6.07. The van der Waals surface area contributed by atoms with E-state index >= 15 is 0 Å². The van der Waals surface area contributed by atoms with Crippen LogP contribution in [0.15, 0.2) is 0 Å². The van der Waals surface area contributed by atoms with Gasteiger partial charge in [-0.3, -0.25) is 0 Å². The molecule has 0 aliphatic rings. The zero-order chi connectivity index (χ0) is 11.7. The maximum absolute atomic E-state index is 6.07. The lowest BCUT2D eigenvalue weighted by atomic mass is 10.2. The van der Waals surface area contributed by atoms with Crippen LogP contribution in [0.25, 0.3) is 0 Å². The average molecular weight is 234 g/mol. The summed E-state index contributed by atoms with van der Waals surface area (Å²) in [6, 6.07) is 1.02. The largest absolute Gasteiger partial charge is 0.398 e. The second-order valence-corrected chi connectivity index (χ2v) is 7.39. The van der Waals surface area contributed by atoms with E-state index in [1.165, 1.54) is 0 Å². The molecule has 1 unspecified atom stereocenters. The lowest BCUT2D eigenvalue weighted by Crippen LogP contribution is -2.42. The van der Waals surface area contributed by atoms with Crippen molar-refractivity contribution in [3.05, 3.63) is 0 Å². The van der Waals surface area contributed by atoms with Gasteiger partial charge in [0.15, 0.2) is 0 Å². The lowest BCUT2D eigenvalue weighted by molar-refractivity contribution is 0.122. The summed E-state index contributed by atoms with van der Waals surface area (Å²) < 4.78 is 11.6. The van der Waals surface area contributed by atoms with E-state index in [0.29, 0.717) is 13.1 Å². The van der Waals surface area contributed by atoms with Crippen molar-refractivity contribution in [2.75, 3.05) is 20.2 Å². The van der Waals surface area contributed by atoms with E-state index in [9.17, 15) is 0 Å². The zero-order valence-corrected chi connectivity index (χ0v) is 11.3. The summed E-state index contributed by atoms with van der Waals surface area (Å²) >= 11 is 0. The first-order chi connectivity index (χ1) is 7.11. The number of hydrogen-bond donors (Lipinski definition) is 2. The van der Waals surface area contributed by atoms with Crippen molar-refractivity contribution >= 4 is 8.56 Å². The molecule has 92 valence electrons. The summed E-state index contributed by atoms with van der Waals surface area (Å²) in [7, 11) is -0.232. The van der Waals surface area contributed by atoms with Gasteiger partial charge in [0.2, 0.25) is 0 Å². The van der Waals surface area contributed by atoms with Gasteiger partial charge in [-0.25, -0.2) is 0 Å². The van der Waals surface area contributed by atoms with Gasteiger partial charge in [-0.05, 0) is 38.5 Å². The van der Waals surface area contributed by atoms with Crippen LogP contribution in [0, 0.1) is 0 Å². The second-order valence-electron chi connectivity index (χ2n) is 3.98. The Morgan fingerprint density at radius 3 is 2.07 bits per heavy atom. The van der Waals surface area contributed by atoms with Crippen LogP contribution in [0.5, 0.6) is 0 Å². The Morgan fingerprint density at radius 2 is 1.73 bits per heavy atom. The first kappa shape index (κ1) is 15.1. The molecule has 5 heteroatoms. The van der Waals surface area contributed by atoms with E-state index in [2.05, 4.69) is 13.5 Å². The molecule has 0 rings (SSSR count). The normalized spacial score (nSPS) is 15.6. The van der Waals surface area contributed by atoms with E-state index in [-0.39, 0.29) is 6.10 Å². The van der Waals surface area contributed by atoms with Crippen molar-refractivity contribution < 1.29 is 8.85 Å². The van der Waals surface area contributed by atoms with Gasteiger partial charge in [-0.1, -0.05) is 13.3 Å². The highest BCUT2D eigenvalue weighted by Gasteiger charge is 2.31. The fourth-order valence-corrected chi connectivity index (χ4v) is 3.92. The Kier molecular flexibility index (Phi) is 8.27. The third-order valence-electron chi connectivity index (χ3n) is 2.53. The topological polar surface area (TPSA) is 70.5 Å². The highest BCUT2D eigenvalue weighted by atomic mass is 28.4. The van der Waals surface area contributed by atoms with E-state index in [4.69, 9.17) is 20.3 Å². The molecule has 0 fully saturated rings. The van der Waals surface area contributed by atoms with Crippen LogP contribution in [-0.2, 0) is 8.85 Å². The molecule has 1 atom stereocenters. The predicted molar refractivity (Wildman–Crippen MR) is 65.9 cm³/mol. The minimum Gasteiger partial charge on any atom is -0.398 e. The second kappa shape index (κ2) is 8.24. The van der Waals surface area contributed by atoms with Crippen LogP contribution in [-0.4, -0.2) is 34.9 Å². The highest BCUT2D eigenvalue weighted by molar-refractivity contribution is 6.66. The van der Waals surface area contributed by atoms with Gasteiger partial charge in [-0.2, -0.15) is 0 Å². The van der Waals surface area contributed by atoms with Gasteiger partial charge < -0.3 is 20.3 Å². The molecule has 4 N–H and O–H groups in total. The van der Waals surface area contributed by atoms with Crippen molar-refractivity contribution in [1.29, 1.82) is 0 Å². The Balaban J connectivity index is 4.19. The summed E-state index contributed by atoms with van der Waals surface area (Å²) in [4.78, 5) is 0. The molecule has 0 saturated carbocycles. The van der Waals surface area contributed by atoms with E-state index in [1.807, 2.05) is 0 Å². The summed E-state index contributed by atoms with van der Waals surface area (Å²) in [6.45, 7) is 5.54. The Bertz CT molecular complexity index is 154.